The van der Waals surface area contributed by atoms with Gasteiger partial charge in [-0.1, -0.05) is 17.7 Å². The van der Waals surface area contributed by atoms with Crippen LogP contribution in [0.2, 0.25) is 0 Å². The lowest BCUT2D eigenvalue weighted by Gasteiger charge is -2.22. The van der Waals surface area contributed by atoms with Gasteiger partial charge >= 0.3 is 5.97 Å². The summed E-state index contributed by atoms with van der Waals surface area (Å²) in [7, 11) is 0. The Kier molecular flexibility index (Phi) is 2.34. The van der Waals surface area contributed by atoms with Crippen LogP contribution in [0.5, 0.6) is 0 Å². The second kappa shape index (κ2) is 3.56. The molecule has 0 aromatic carbocycles. The number of carbonyl (C=O) groups is 2. The third kappa shape index (κ3) is 1.52. The molecule has 1 aliphatic heterocycles. The van der Waals surface area contributed by atoms with Crippen molar-refractivity contribution in [1.29, 1.82) is 0 Å². The van der Waals surface area contributed by atoms with Gasteiger partial charge in [-0.25, -0.2) is 4.79 Å². The third-order valence-electron chi connectivity index (χ3n) is 2.68. The lowest BCUT2D eigenvalue weighted by molar-refractivity contribution is -0.134. The number of aliphatic imine (C=N–C) groups is 1. The number of allylic oxidation sites excluding steroid dienone is 4. The van der Waals surface area contributed by atoms with E-state index in [9.17, 15) is 9.59 Å². The minimum absolute atomic E-state index is 0.243. The van der Waals surface area contributed by atoms with Crippen molar-refractivity contribution < 1.29 is 14.7 Å². The van der Waals surface area contributed by atoms with Gasteiger partial charge in [0.05, 0.1) is 11.6 Å². The van der Waals surface area contributed by atoms with Crippen molar-refractivity contribution >= 4 is 17.5 Å². The summed E-state index contributed by atoms with van der Waals surface area (Å²) in [6.07, 6.45) is 4.83. The van der Waals surface area contributed by atoms with E-state index >= 15 is 0 Å². The second-order valence-electron chi connectivity index (χ2n) is 3.94. The van der Waals surface area contributed by atoms with Gasteiger partial charge in [0, 0.05) is 6.20 Å². The third-order valence-corrected chi connectivity index (χ3v) is 2.68. The second-order valence-corrected chi connectivity index (χ2v) is 3.94. The number of hydrogen-bond acceptors (Lipinski definition) is 3. The van der Waals surface area contributed by atoms with E-state index in [2.05, 4.69) is 4.99 Å². The van der Waals surface area contributed by atoms with Crippen molar-refractivity contribution in [1.82, 2.24) is 0 Å². The molecule has 0 amide bonds. The van der Waals surface area contributed by atoms with Gasteiger partial charge < -0.3 is 5.11 Å². The Labute approximate surface area is 92.7 Å². The number of hydrogen-bond donors (Lipinski definition) is 1. The molecule has 0 saturated heterocycles. The molecule has 1 aliphatic carbocycles. The van der Waals surface area contributed by atoms with Crippen molar-refractivity contribution in [2.75, 3.05) is 0 Å². The van der Waals surface area contributed by atoms with Crippen LogP contribution in [0, 0.1) is 5.92 Å². The molecule has 82 valence electrons. The molecule has 0 fully saturated rings. The average molecular weight is 217 g/mol. The van der Waals surface area contributed by atoms with Gasteiger partial charge in [-0.2, -0.15) is 0 Å². The van der Waals surface area contributed by atoms with E-state index in [0.29, 0.717) is 5.71 Å². The molecule has 0 aromatic heterocycles. The number of Topliss-reactive ketones (excluding diaryl/α,β-unsaturated/α-hetero) is 1. The molecule has 0 aromatic rings. The molecule has 0 spiro atoms. The summed E-state index contributed by atoms with van der Waals surface area (Å²) in [6.45, 7) is 3.75. The van der Waals surface area contributed by atoms with Crippen LogP contribution in [0.4, 0.5) is 0 Å². The maximum atomic E-state index is 11.9. The topological polar surface area (TPSA) is 66.7 Å². The zero-order valence-corrected chi connectivity index (χ0v) is 9.02. The first-order valence-corrected chi connectivity index (χ1v) is 4.93. The van der Waals surface area contributed by atoms with Crippen LogP contribution in [-0.2, 0) is 9.59 Å². The largest absolute Gasteiger partial charge is 0.478 e. The van der Waals surface area contributed by atoms with Gasteiger partial charge in [0.1, 0.15) is 5.57 Å². The van der Waals surface area contributed by atoms with Crippen molar-refractivity contribution in [3.8, 4) is 0 Å². The molecule has 1 N–H and O–H groups in total. The summed E-state index contributed by atoms with van der Waals surface area (Å²) in [4.78, 5) is 26.8. The Morgan fingerprint density at radius 2 is 2.12 bits per heavy atom. The Bertz CT molecular complexity index is 506. The number of carbonyl (C=O) groups excluding carboxylic acids is 1. The van der Waals surface area contributed by atoms with Gasteiger partial charge in [0.2, 0.25) is 0 Å². The minimum atomic E-state index is -1.22. The summed E-state index contributed by atoms with van der Waals surface area (Å²) >= 11 is 0. The van der Waals surface area contributed by atoms with E-state index in [4.69, 9.17) is 5.11 Å². The molecule has 16 heavy (non-hydrogen) atoms. The molecule has 0 bridgehead atoms. The van der Waals surface area contributed by atoms with Crippen LogP contribution in [-0.4, -0.2) is 22.6 Å². The van der Waals surface area contributed by atoms with Gasteiger partial charge in [-0.05, 0) is 19.4 Å². The molecular formula is C12H11NO3. The summed E-state index contributed by atoms with van der Waals surface area (Å²) in [6, 6.07) is 0. The van der Waals surface area contributed by atoms with E-state index in [1.807, 2.05) is 19.9 Å². The molecule has 1 unspecified atom stereocenters. The predicted octanol–water partition coefficient (Wildman–Crippen LogP) is 1.50. The van der Waals surface area contributed by atoms with E-state index in [-0.39, 0.29) is 11.4 Å². The molecule has 1 heterocycles. The fraction of sp³-hybridized carbons (Fsp3) is 0.250. The van der Waals surface area contributed by atoms with E-state index in [1.165, 1.54) is 0 Å². The molecule has 0 radical (unpaired) electrons. The molecule has 2 aliphatic rings. The van der Waals surface area contributed by atoms with Crippen LogP contribution in [0.15, 0.2) is 40.1 Å². The zero-order chi connectivity index (χ0) is 11.9. The van der Waals surface area contributed by atoms with Gasteiger partial charge in [0.15, 0.2) is 5.78 Å². The highest BCUT2D eigenvalue weighted by Crippen LogP contribution is 2.26. The van der Waals surface area contributed by atoms with Gasteiger partial charge in [-0.15, -0.1) is 0 Å². The SMILES string of the molecule is CC1=CC2C(=O)C(C(=O)O)=CN=C2C(C)=C1. The molecule has 1 atom stereocenters. The highest BCUT2D eigenvalue weighted by Gasteiger charge is 2.33. The summed E-state index contributed by atoms with van der Waals surface area (Å²) in [5.74, 6) is -2.13. The Hall–Kier alpha value is -1.97. The van der Waals surface area contributed by atoms with Crippen molar-refractivity contribution in [2.24, 2.45) is 10.9 Å². The number of rotatable bonds is 1. The van der Waals surface area contributed by atoms with Crippen LogP contribution in [0.25, 0.3) is 0 Å². The van der Waals surface area contributed by atoms with Gasteiger partial charge in [0.25, 0.3) is 0 Å². The monoisotopic (exact) mass is 217 g/mol. The maximum absolute atomic E-state index is 11.9. The standard InChI is InChI=1S/C12H11NO3/c1-6-3-7(2)10-8(4-6)11(14)9(5-13-10)12(15)16/h3-5,8H,1-2H3,(H,15,16). The van der Waals surface area contributed by atoms with Crippen molar-refractivity contribution in [3.63, 3.8) is 0 Å². The molecule has 2 rings (SSSR count). The lowest BCUT2D eigenvalue weighted by atomic mass is 9.82. The van der Waals surface area contributed by atoms with Crippen molar-refractivity contribution in [2.45, 2.75) is 13.8 Å². The number of fused-ring (bicyclic) bond motifs is 1. The molecule has 0 saturated carbocycles. The fourth-order valence-corrected chi connectivity index (χ4v) is 1.96. The Balaban J connectivity index is 2.51. The van der Waals surface area contributed by atoms with E-state index in [0.717, 1.165) is 17.3 Å². The summed E-state index contributed by atoms with van der Waals surface area (Å²) in [5, 5.41) is 8.84. The Morgan fingerprint density at radius 3 is 2.75 bits per heavy atom. The summed E-state index contributed by atoms with van der Waals surface area (Å²) < 4.78 is 0. The first-order chi connectivity index (χ1) is 7.50. The highest BCUT2D eigenvalue weighted by molar-refractivity contribution is 6.29. The van der Waals surface area contributed by atoms with Crippen LogP contribution in [0.3, 0.4) is 0 Å². The number of aliphatic carboxylic acids is 1. The highest BCUT2D eigenvalue weighted by atomic mass is 16.4. The fourth-order valence-electron chi connectivity index (χ4n) is 1.96. The number of carboxylic acids is 1. The minimum Gasteiger partial charge on any atom is -0.478 e. The number of nitrogens with zero attached hydrogens (tertiary/aromatic N) is 1. The smallest absolute Gasteiger partial charge is 0.340 e. The first kappa shape index (κ1) is 10.5. The normalized spacial score (nSPS) is 23.9. The molecule has 4 heteroatoms. The quantitative estimate of drug-likeness (QED) is 0.677. The van der Waals surface area contributed by atoms with Crippen LogP contribution < -0.4 is 0 Å². The maximum Gasteiger partial charge on any atom is 0.340 e. The van der Waals surface area contributed by atoms with Crippen LogP contribution in [0.1, 0.15) is 13.8 Å². The zero-order valence-electron chi connectivity index (χ0n) is 9.02. The molecule has 4 nitrogen and oxygen atoms in total. The van der Waals surface area contributed by atoms with Gasteiger partial charge in [-0.3, -0.25) is 9.79 Å². The predicted molar refractivity (Wildman–Crippen MR) is 59.2 cm³/mol. The van der Waals surface area contributed by atoms with E-state index < -0.39 is 11.9 Å². The lowest BCUT2D eigenvalue weighted by Crippen LogP contribution is -2.31. The molecular weight excluding hydrogens is 206 g/mol. The average Bonchev–Trinajstić information content (AvgIpc) is 2.19. The summed E-state index contributed by atoms with van der Waals surface area (Å²) in [5.41, 5.74) is 2.29. The number of carboxylic acid groups (broad SMARTS) is 1. The number of ketones is 1. The van der Waals surface area contributed by atoms with E-state index in [1.54, 1.807) is 6.08 Å². The van der Waals surface area contributed by atoms with Crippen molar-refractivity contribution in [3.05, 3.63) is 35.1 Å². The van der Waals surface area contributed by atoms with Crippen LogP contribution >= 0.6 is 0 Å². The Morgan fingerprint density at radius 1 is 1.44 bits per heavy atom. The first-order valence-electron chi connectivity index (χ1n) is 4.93.